The summed E-state index contributed by atoms with van der Waals surface area (Å²) in [5.74, 6) is -2.27. The number of benzene rings is 3. The van der Waals surface area contributed by atoms with Crippen molar-refractivity contribution in [1.82, 2.24) is 10.0 Å². The van der Waals surface area contributed by atoms with E-state index >= 15 is 0 Å². The Labute approximate surface area is 249 Å². The highest BCUT2D eigenvalue weighted by molar-refractivity contribution is 7.90. The number of aryl methyl sites for hydroxylation is 1. The topological polar surface area (TPSA) is 163 Å². The maximum Gasteiger partial charge on any atom is 0.335 e. The first-order chi connectivity index (χ1) is 20.5. The molecule has 4 N–H and O–H groups in total. The van der Waals surface area contributed by atoms with Gasteiger partial charge in [-0.1, -0.05) is 86.1 Å². The molecular formula is C32H32N2O8S. The van der Waals surface area contributed by atoms with Crippen LogP contribution in [0.25, 0.3) is 11.1 Å². The summed E-state index contributed by atoms with van der Waals surface area (Å²) >= 11 is 0. The Kier molecular flexibility index (Phi) is 9.79. The lowest BCUT2D eigenvalue weighted by atomic mass is 10.0. The fourth-order valence-corrected chi connectivity index (χ4v) is 5.96. The monoisotopic (exact) mass is 604 g/mol. The molecular weight excluding hydrogens is 572 g/mol. The van der Waals surface area contributed by atoms with E-state index in [4.69, 9.17) is 4.42 Å². The number of carboxylic acid groups (broad SMARTS) is 1. The molecule has 1 aromatic heterocycles. The SMILES string of the molecule is CCCc1cc(C(=O)NC(c2ccccc2)C(O)C(=O)O)oc1Cc1ccc(-c2ccccc2S(=O)(=O)NC(C)=O)cc1. The molecule has 0 aliphatic heterocycles. The molecule has 10 nitrogen and oxygen atoms in total. The van der Waals surface area contributed by atoms with Crippen LogP contribution >= 0.6 is 0 Å². The Morgan fingerprint density at radius 1 is 0.930 bits per heavy atom. The maximum atomic E-state index is 13.2. The molecule has 0 radical (unpaired) electrons. The number of carbonyl (C=O) groups excluding carboxylic acids is 2. The van der Waals surface area contributed by atoms with E-state index in [1.165, 1.54) is 6.07 Å². The number of rotatable bonds is 12. The first kappa shape index (κ1) is 31.2. The van der Waals surface area contributed by atoms with Gasteiger partial charge in [0.05, 0.1) is 10.9 Å². The first-order valence-electron chi connectivity index (χ1n) is 13.6. The third-order valence-electron chi connectivity index (χ3n) is 6.74. The van der Waals surface area contributed by atoms with Crippen molar-refractivity contribution in [2.45, 2.75) is 50.2 Å². The van der Waals surface area contributed by atoms with Crippen LogP contribution in [0.5, 0.6) is 0 Å². The van der Waals surface area contributed by atoms with Crippen LogP contribution in [0.2, 0.25) is 0 Å². The van der Waals surface area contributed by atoms with Crippen molar-refractivity contribution in [1.29, 1.82) is 0 Å². The van der Waals surface area contributed by atoms with Crippen LogP contribution in [0, 0.1) is 0 Å². The summed E-state index contributed by atoms with van der Waals surface area (Å²) in [6.45, 7) is 3.12. The zero-order valence-electron chi connectivity index (χ0n) is 23.6. The molecule has 1 heterocycles. The molecule has 2 unspecified atom stereocenters. The Morgan fingerprint density at radius 3 is 2.21 bits per heavy atom. The van der Waals surface area contributed by atoms with Crippen LogP contribution in [-0.4, -0.2) is 42.5 Å². The second-order valence-corrected chi connectivity index (χ2v) is 11.6. The van der Waals surface area contributed by atoms with Crippen LogP contribution in [-0.2, 0) is 32.5 Å². The average Bonchev–Trinajstić information content (AvgIpc) is 3.38. The summed E-state index contributed by atoms with van der Waals surface area (Å²) in [4.78, 5) is 36.1. The third kappa shape index (κ3) is 7.56. The largest absolute Gasteiger partial charge is 0.479 e. The Morgan fingerprint density at radius 2 is 1.58 bits per heavy atom. The molecule has 3 aromatic carbocycles. The molecule has 11 heteroatoms. The zero-order valence-corrected chi connectivity index (χ0v) is 24.4. The number of sulfonamides is 1. The number of hydrogen-bond donors (Lipinski definition) is 4. The van der Waals surface area contributed by atoms with Gasteiger partial charge in [0.15, 0.2) is 11.9 Å². The average molecular weight is 605 g/mol. The molecule has 224 valence electrons. The lowest BCUT2D eigenvalue weighted by molar-refractivity contribution is -0.148. The van der Waals surface area contributed by atoms with Crippen LogP contribution in [0.15, 0.2) is 94.2 Å². The fraction of sp³-hybridized carbons (Fsp3) is 0.219. The lowest BCUT2D eigenvalue weighted by Gasteiger charge is -2.21. The fourth-order valence-electron chi connectivity index (χ4n) is 4.74. The van der Waals surface area contributed by atoms with Crippen LogP contribution < -0.4 is 10.0 Å². The summed E-state index contributed by atoms with van der Waals surface area (Å²) in [7, 11) is -4.05. The van der Waals surface area contributed by atoms with Gasteiger partial charge in [0, 0.05) is 18.9 Å². The molecule has 2 atom stereocenters. The Hall–Kier alpha value is -4.74. The number of nitrogens with one attached hydrogen (secondary N) is 2. The van der Waals surface area contributed by atoms with Crippen molar-refractivity contribution < 1.29 is 37.4 Å². The van der Waals surface area contributed by atoms with Crippen molar-refractivity contribution in [3.8, 4) is 11.1 Å². The summed E-state index contributed by atoms with van der Waals surface area (Å²) < 4.78 is 33.4. The second kappa shape index (κ2) is 13.5. The minimum absolute atomic E-state index is 0.00862. The zero-order chi connectivity index (χ0) is 31.1. The van der Waals surface area contributed by atoms with Crippen molar-refractivity contribution in [3.05, 3.63) is 113 Å². The summed E-state index contributed by atoms with van der Waals surface area (Å²) in [6, 6.07) is 22.3. The van der Waals surface area contributed by atoms with Crippen LogP contribution in [0.3, 0.4) is 0 Å². The van der Waals surface area contributed by atoms with E-state index in [0.29, 0.717) is 35.3 Å². The molecule has 0 bridgehead atoms. The number of aliphatic hydroxyl groups excluding tert-OH is 1. The molecule has 4 aromatic rings. The van der Waals surface area contributed by atoms with E-state index in [1.807, 2.05) is 23.8 Å². The number of hydrogen-bond acceptors (Lipinski definition) is 7. The van der Waals surface area contributed by atoms with Gasteiger partial charge in [0.1, 0.15) is 5.76 Å². The van der Waals surface area contributed by atoms with E-state index in [1.54, 1.807) is 66.7 Å². The summed E-state index contributed by atoms with van der Waals surface area (Å²) in [6.07, 6.45) is -0.100. The highest BCUT2D eigenvalue weighted by Crippen LogP contribution is 2.29. The minimum atomic E-state index is -4.05. The minimum Gasteiger partial charge on any atom is -0.479 e. The number of aliphatic hydroxyl groups is 1. The molecule has 0 fully saturated rings. The summed E-state index contributed by atoms with van der Waals surface area (Å²) in [5.41, 5.74) is 3.15. The molecule has 0 aliphatic rings. The molecule has 0 spiro atoms. The molecule has 0 saturated carbocycles. The molecule has 43 heavy (non-hydrogen) atoms. The molecule has 0 saturated heterocycles. The van der Waals surface area contributed by atoms with E-state index < -0.39 is 40.0 Å². The van der Waals surface area contributed by atoms with Gasteiger partial charge in [-0.2, -0.15) is 0 Å². The highest BCUT2D eigenvalue weighted by Gasteiger charge is 2.30. The van der Waals surface area contributed by atoms with Crippen LogP contribution in [0.4, 0.5) is 0 Å². The first-order valence-corrected chi connectivity index (χ1v) is 15.1. The Balaban J connectivity index is 1.58. The number of amides is 2. The van der Waals surface area contributed by atoms with E-state index in [-0.39, 0.29) is 10.7 Å². The van der Waals surface area contributed by atoms with Gasteiger partial charge in [-0.3, -0.25) is 9.59 Å². The van der Waals surface area contributed by atoms with Gasteiger partial charge < -0.3 is 19.9 Å². The third-order valence-corrected chi connectivity index (χ3v) is 8.23. The van der Waals surface area contributed by atoms with Crippen molar-refractivity contribution in [2.24, 2.45) is 0 Å². The number of aliphatic carboxylic acids is 1. The van der Waals surface area contributed by atoms with E-state index in [0.717, 1.165) is 24.5 Å². The standard InChI is InChI=1S/C32H32N2O8S/c1-3-9-24-19-27(31(37)33-29(30(36)32(38)39)23-10-5-4-6-11-23)42-26(24)18-21-14-16-22(17-15-21)25-12-7-8-13-28(25)43(40,41)34-20(2)35/h4-8,10-17,19,29-30,36H,3,9,18H2,1-2H3,(H,33,37)(H,34,35)(H,38,39). The number of carboxylic acids is 1. The smallest absolute Gasteiger partial charge is 0.335 e. The predicted octanol–water partition coefficient (Wildman–Crippen LogP) is 4.23. The van der Waals surface area contributed by atoms with Crippen molar-refractivity contribution in [2.75, 3.05) is 0 Å². The number of furan rings is 1. The molecule has 2 amide bonds. The summed E-state index contributed by atoms with van der Waals surface area (Å²) in [5, 5.41) is 22.3. The molecule has 4 rings (SSSR count). The van der Waals surface area contributed by atoms with E-state index in [9.17, 15) is 33.0 Å². The predicted molar refractivity (Wildman–Crippen MR) is 159 cm³/mol. The van der Waals surface area contributed by atoms with Crippen molar-refractivity contribution >= 4 is 27.8 Å². The highest BCUT2D eigenvalue weighted by atomic mass is 32.2. The van der Waals surface area contributed by atoms with Gasteiger partial charge in [0.2, 0.25) is 5.91 Å². The van der Waals surface area contributed by atoms with Crippen LogP contribution in [0.1, 0.15) is 59.3 Å². The van der Waals surface area contributed by atoms with Gasteiger partial charge >= 0.3 is 5.97 Å². The second-order valence-electron chi connectivity index (χ2n) is 9.99. The van der Waals surface area contributed by atoms with Gasteiger partial charge in [0.25, 0.3) is 15.9 Å². The van der Waals surface area contributed by atoms with E-state index in [2.05, 4.69) is 5.32 Å². The van der Waals surface area contributed by atoms with Gasteiger partial charge in [-0.15, -0.1) is 0 Å². The van der Waals surface area contributed by atoms with Crippen molar-refractivity contribution in [3.63, 3.8) is 0 Å². The quantitative estimate of drug-likeness (QED) is 0.187. The molecule has 0 aliphatic carbocycles. The van der Waals surface area contributed by atoms with Gasteiger partial charge in [-0.05, 0) is 40.8 Å². The maximum absolute atomic E-state index is 13.2. The van der Waals surface area contributed by atoms with Gasteiger partial charge in [-0.25, -0.2) is 17.9 Å². The lowest BCUT2D eigenvalue weighted by Crippen LogP contribution is -2.40. The number of carbonyl (C=O) groups is 3. The Bertz CT molecular complexity index is 1710. The normalized spacial score (nSPS) is 12.7.